The zero-order valence-corrected chi connectivity index (χ0v) is 31.2. The first-order chi connectivity index (χ1) is 25.6. The fourth-order valence-electron chi connectivity index (χ4n) is 5.83. The van der Waals surface area contributed by atoms with Gasteiger partial charge in [-0.15, -0.1) is 0 Å². The van der Waals surface area contributed by atoms with E-state index in [4.69, 9.17) is 18.9 Å². The summed E-state index contributed by atoms with van der Waals surface area (Å²) in [6, 6.07) is -0.879. The summed E-state index contributed by atoms with van der Waals surface area (Å²) in [4.78, 5) is 12.9. The van der Waals surface area contributed by atoms with Crippen LogP contribution in [0.4, 0.5) is 0 Å². The van der Waals surface area contributed by atoms with Crippen LogP contribution in [0.2, 0.25) is 0 Å². The van der Waals surface area contributed by atoms with Crippen molar-refractivity contribution in [1.29, 1.82) is 0 Å². The van der Waals surface area contributed by atoms with Gasteiger partial charge in [-0.2, -0.15) is 0 Å². The van der Waals surface area contributed by atoms with Crippen LogP contribution in [0.1, 0.15) is 84.5 Å². The van der Waals surface area contributed by atoms with Gasteiger partial charge >= 0.3 is 0 Å². The van der Waals surface area contributed by atoms with E-state index in [0.717, 1.165) is 51.4 Å². The molecule has 2 fully saturated rings. The molecule has 304 valence electrons. The van der Waals surface area contributed by atoms with E-state index in [9.17, 15) is 45.6 Å². The first kappa shape index (κ1) is 46.8. The molecule has 2 rings (SSSR count). The number of rotatable bonds is 25. The van der Waals surface area contributed by atoms with Crippen LogP contribution < -0.4 is 5.32 Å². The zero-order chi connectivity index (χ0) is 39.0. The van der Waals surface area contributed by atoms with Gasteiger partial charge in [0.05, 0.1) is 32.0 Å². The molecule has 2 aliphatic rings. The van der Waals surface area contributed by atoms with Gasteiger partial charge in [0.1, 0.15) is 48.8 Å². The van der Waals surface area contributed by atoms with Gasteiger partial charge in [-0.3, -0.25) is 4.79 Å². The standard InChI is InChI=1S/C39H65NO13/c1-3-5-7-9-10-11-12-13-14-15-16-17-18-19-21-23-31(44)40-27(28(43)22-20-8-6-4-2)26-50-38-36(49)34(47)37(30(25-42)52-38)53-39-35(48)33(46)32(45)29(24-41)51-39/h5,7,10-11,13-14,16-17,19,21,27-30,32-39,41-43,45-49H,3-4,6,8-9,12,15,18,20,22-26H2,1-2H3,(H,40,44)/b7-5-,11-10-,14-13-,17-16-,21-19-. The fraction of sp³-hybridized carbons (Fsp3) is 0.718. The maximum absolute atomic E-state index is 12.9. The third-order valence-electron chi connectivity index (χ3n) is 9.03. The molecule has 0 aliphatic carbocycles. The fourth-order valence-corrected chi connectivity index (χ4v) is 5.83. The van der Waals surface area contributed by atoms with Gasteiger partial charge in [-0.25, -0.2) is 0 Å². The Hall–Kier alpha value is -2.31. The molecule has 0 aromatic carbocycles. The monoisotopic (exact) mass is 755 g/mol. The minimum Gasteiger partial charge on any atom is -0.394 e. The predicted molar refractivity (Wildman–Crippen MR) is 198 cm³/mol. The van der Waals surface area contributed by atoms with Crippen LogP contribution in [0.15, 0.2) is 60.8 Å². The Morgan fingerprint density at radius 1 is 0.679 bits per heavy atom. The summed E-state index contributed by atoms with van der Waals surface area (Å²) in [5.74, 6) is -0.348. The van der Waals surface area contributed by atoms with E-state index in [1.165, 1.54) is 0 Å². The highest BCUT2D eigenvalue weighted by molar-refractivity contribution is 5.77. The second-order valence-corrected chi connectivity index (χ2v) is 13.3. The molecule has 0 aromatic heterocycles. The van der Waals surface area contributed by atoms with Crippen LogP contribution >= 0.6 is 0 Å². The molecule has 9 N–H and O–H groups in total. The maximum Gasteiger partial charge on any atom is 0.224 e. The van der Waals surface area contributed by atoms with Crippen molar-refractivity contribution in [2.45, 2.75) is 158 Å². The molecule has 0 aromatic rings. The van der Waals surface area contributed by atoms with Crippen LogP contribution in [0.3, 0.4) is 0 Å². The van der Waals surface area contributed by atoms with Crippen molar-refractivity contribution in [2.75, 3.05) is 19.8 Å². The number of carbonyl (C=O) groups excluding carboxylic acids is 1. The first-order valence-electron chi connectivity index (χ1n) is 19.0. The minimum absolute atomic E-state index is 0.0669. The summed E-state index contributed by atoms with van der Waals surface area (Å²) >= 11 is 0. The van der Waals surface area contributed by atoms with Crippen LogP contribution in [0.5, 0.6) is 0 Å². The number of nitrogens with one attached hydrogen (secondary N) is 1. The van der Waals surface area contributed by atoms with Gasteiger partial charge < -0.3 is 65.1 Å². The number of hydrogen-bond acceptors (Lipinski definition) is 13. The molecule has 1 amide bonds. The van der Waals surface area contributed by atoms with E-state index in [0.29, 0.717) is 12.8 Å². The number of aliphatic hydroxyl groups is 8. The molecule has 12 unspecified atom stereocenters. The van der Waals surface area contributed by atoms with Gasteiger partial charge in [-0.05, 0) is 38.5 Å². The lowest BCUT2D eigenvalue weighted by molar-refractivity contribution is -0.359. The van der Waals surface area contributed by atoms with Crippen molar-refractivity contribution in [3.63, 3.8) is 0 Å². The second kappa shape index (κ2) is 27.3. The molecule has 53 heavy (non-hydrogen) atoms. The van der Waals surface area contributed by atoms with E-state index in [1.54, 1.807) is 6.08 Å². The number of allylic oxidation sites excluding steroid dienone is 9. The average molecular weight is 756 g/mol. The normalized spacial score (nSPS) is 31.1. The number of unbranched alkanes of at least 4 members (excludes halogenated alkanes) is 3. The summed E-state index contributed by atoms with van der Waals surface area (Å²) < 4.78 is 22.4. The Morgan fingerprint density at radius 3 is 1.79 bits per heavy atom. The molecule has 2 saturated heterocycles. The van der Waals surface area contributed by atoms with E-state index < -0.39 is 86.8 Å². The van der Waals surface area contributed by atoms with Crippen molar-refractivity contribution in [3.05, 3.63) is 60.8 Å². The van der Waals surface area contributed by atoms with Crippen molar-refractivity contribution in [2.24, 2.45) is 0 Å². The minimum atomic E-state index is -1.79. The molecular weight excluding hydrogens is 690 g/mol. The number of amides is 1. The SMILES string of the molecule is CC/C=C\C/C=C\C/C=C\C/C=C\C/C=C\CC(=O)NC(COC1OC(CO)C(OC2OC(CO)C(O)C(O)C2O)C(O)C1O)C(O)CCCCCC. The quantitative estimate of drug-likeness (QED) is 0.0477. The Morgan fingerprint density at radius 2 is 1.23 bits per heavy atom. The second-order valence-electron chi connectivity index (χ2n) is 13.3. The smallest absolute Gasteiger partial charge is 0.224 e. The highest BCUT2D eigenvalue weighted by atomic mass is 16.7. The van der Waals surface area contributed by atoms with Crippen LogP contribution in [0.25, 0.3) is 0 Å². The summed E-state index contributed by atoms with van der Waals surface area (Å²) in [6.45, 7) is 2.46. The summed E-state index contributed by atoms with van der Waals surface area (Å²) in [5, 5.41) is 85.6. The Balaban J connectivity index is 1.92. The lowest BCUT2D eigenvalue weighted by atomic mass is 9.97. The summed E-state index contributed by atoms with van der Waals surface area (Å²) in [5.41, 5.74) is 0. The largest absolute Gasteiger partial charge is 0.394 e. The average Bonchev–Trinajstić information content (AvgIpc) is 3.15. The first-order valence-corrected chi connectivity index (χ1v) is 19.0. The zero-order valence-electron chi connectivity index (χ0n) is 31.2. The third kappa shape index (κ3) is 16.9. The summed E-state index contributed by atoms with van der Waals surface area (Å²) in [6.07, 6.45) is 12.1. The van der Waals surface area contributed by atoms with E-state index in [-0.39, 0.29) is 18.9 Å². The molecule has 14 nitrogen and oxygen atoms in total. The van der Waals surface area contributed by atoms with Crippen LogP contribution in [0, 0.1) is 0 Å². The highest BCUT2D eigenvalue weighted by Gasteiger charge is 2.50. The van der Waals surface area contributed by atoms with Crippen LogP contribution in [-0.2, 0) is 23.7 Å². The Kier molecular flexibility index (Phi) is 24.1. The summed E-state index contributed by atoms with van der Waals surface area (Å²) in [7, 11) is 0. The lowest BCUT2D eigenvalue weighted by Gasteiger charge is -2.46. The van der Waals surface area contributed by atoms with E-state index in [2.05, 4.69) is 61.7 Å². The Bertz CT molecular complexity index is 1130. The van der Waals surface area contributed by atoms with Gasteiger partial charge in [0.25, 0.3) is 0 Å². The van der Waals surface area contributed by atoms with Gasteiger partial charge in [0, 0.05) is 6.42 Å². The van der Waals surface area contributed by atoms with Gasteiger partial charge in [0.15, 0.2) is 12.6 Å². The molecule has 0 bridgehead atoms. The van der Waals surface area contributed by atoms with E-state index in [1.807, 2.05) is 12.2 Å². The number of hydrogen-bond donors (Lipinski definition) is 9. The van der Waals surface area contributed by atoms with Crippen LogP contribution in [-0.4, -0.2) is 140 Å². The van der Waals surface area contributed by atoms with Gasteiger partial charge in [-0.1, -0.05) is 100 Å². The number of ether oxygens (including phenoxy) is 4. The Labute approximate surface area is 314 Å². The molecule has 14 heteroatoms. The van der Waals surface area contributed by atoms with Crippen molar-refractivity contribution in [3.8, 4) is 0 Å². The maximum atomic E-state index is 12.9. The molecule has 0 saturated carbocycles. The highest BCUT2D eigenvalue weighted by Crippen LogP contribution is 2.29. The number of carbonyl (C=O) groups is 1. The molecule has 2 aliphatic heterocycles. The van der Waals surface area contributed by atoms with Crippen molar-refractivity contribution < 1.29 is 64.6 Å². The van der Waals surface area contributed by atoms with Crippen molar-refractivity contribution in [1.82, 2.24) is 5.32 Å². The molecule has 0 spiro atoms. The molecular formula is C39H65NO13. The third-order valence-corrected chi connectivity index (χ3v) is 9.03. The lowest BCUT2D eigenvalue weighted by Crippen LogP contribution is -2.65. The molecule has 0 radical (unpaired) electrons. The van der Waals surface area contributed by atoms with E-state index >= 15 is 0 Å². The van der Waals surface area contributed by atoms with Crippen molar-refractivity contribution >= 4 is 5.91 Å². The molecule has 2 heterocycles. The topological polar surface area (TPSA) is 228 Å². The predicted octanol–water partition coefficient (Wildman–Crippen LogP) is 1.58. The van der Waals surface area contributed by atoms with Gasteiger partial charge in [0.2, 0.25) is 5.91 Å². The number of aliphatic hydroxyl groups excluding tert-OH is 8. The molecule has 12 atom stereocenters.